The van der Waals surface area contributed by atoms with E-state index in [-0.39, 0.29) is 5.41 Å². The Kier molecular flexibility index (Phi) is 9.88. The van der Waals surface area contributed by atoms with Crippen molar-refractivity contribution in [1.29, 1.82) is 0 Å². The Morgan fingerprint density at radius 3 is 1.84 bits per heavy atom. The molecule has 0 bridgehead atoms. The van der Waals surface area contributed by atoms with Crippen molar-refractivity contribution in [1.82, 2.24) is 9.55 Å². The molecule has 2 heterocycles. The highest BCUT2D eigenvalue weighted by atomic mass is 15.2. The molecule has 0 aliphatic heterocycles. The van der Waals surface area contributed by atoms with Crippen LogP contribution in [0.2, 0.25) is 0 Å². The summed E-state index contributed by atoms with van der Waals surface area (Å²) in [5.74, 6) is 0.436. The van der Waals surface area contributed by atoms with E-state index in [1.54, 1.807) is 0 Å². The zero-order valence-corrected chi connectivity index (χ0v) is 39.6. The van der Waals surface area contributed by atoms with Crippen LogP contribution in [-0.2, 0) is 11.8 Å². The third-order valence-electron chi connectivity index (χ3n) is 15.0. The van der Waals surface area contributed by atoms with Gasteiger partial charge in [-0.05, 0) is 157 Å². The molecule has 0 saturated carbocycles. The van der Waals surface area contributed by atoms with Crippen LogP contribution in [0.25, 0.3) is 89.2 Å². The van der Waals surface area contributed by atoms with Crippen molar-refractivity contribution in [2.75, 3.05) is 4.90 Å². The number of hydrogen-bond acceptors (Lipinski definition) is 2. The number of anilines is 3. The van der Waals surface area contributed by atoms with E-state index >= 15 is 0 Å². The lowest BCUT2D eigenvalue weighted by molar-refractivity contribution is 0.660. The minimum Gasteiger partial charge on any atom is -0.309 e. The molecule has 0 spiro atoms. The Morgan fingerprint density at radius 1 is 0.471 bits per heavy atom. The van der Waals surface area contributed by atoms with Gasteiger partial charge in [-0.3, -0.25) is 4.98 Å². The molecular weight excluding hydrogens is 847 g/mol. The first-order chi connectivity index (χ1) is 34.4. The summed E-state index contributed by atoms with van der Waals surface area (Å²) in [5, 5.41) is 2.46. The van der Waals surface area contributed by atoms with Crippen LogP contribution in [0.1, 0.15) is 43.0 Å². The van der Waals surface area contributed by atoms with Crippen LogP contribution in [0, 0.1) is 5.92 Å². The number of nitrogens with zero attached hydrogens (tertiary/aromatic N) is 3. The zero-order chi connectivity index (χ0) is 46.9. The van der Waals surface area contributed by atoms with Crippen molar-refractivity contribution in [3.63, 3.8) is 0 Å². The maximum atomic E-state index is 4.85. The molecule has 3 nitrogen and oxygen atoms in total. The number of benzene rings is 9. The lowest BCUT2D eigenvalue weighted by atomic mass is 9.82. The van der Waals surface area contributed by atoms with Crippen LogP contribution >= 0.6 is 0 Å². The standard InChI is InChI=1S/C67H51N3/c1-44-28-29-51-42-68-43-66(59(51)34-44)69(55-31-32-63-60(41-55)57-24-10-12-26-62(57)67(63,2)3)54-23-15-22-49(37-54)47-20-14-21-48(35-47)50-30-33-65-61(40-50)58-25-11-13-27-64(58)70(65)56-38-52(45-16-6-4-7-17-45)36-53(39-56)46-18-8-5-9-19-46/h4-33,35-44H,34H2,1-3H3. The molecule has 334 valence electrons. The van der Waals surface area contributed by atoms with Crippen LogP contribution in [0.3, 0.4) is 0 Å². The van der Waals surface area contributed by atoms with Gasteiger partial charge in [0.05, 0.1) is 22.9 Å². The first-order valence-corrected chi connectivity index (χ1v) is 24.6. The molecule has 1 unspecified atom stereocenters. The topological polar surface area (TPSA) is 21.1 Å². The molecule has 2 aromatic heterocycles. The highest BCUT2D eigenvalue weighted by molar-refractivity contribution is 6.10. The summed E-state index contributed by atoms with van der Waals surface area (Å²) >= 11 is 0. The quantitative estimate of drug-likeness (QED) is 0.152. The van der Waals surface area contributed by atoms with Crippen LogP contribution in [0.4, 0.5) is 17.1 Å². The lowest BCUT2D eigenvalue weighted by Crippen LogP contribution is -2.17. The maximum absolute atomic E-state index is 4.85. The number of allylic oxidation sites excluding steroid dienone is 1. The number of rotatable bonds is 8. The van der Waals surface area contributed by atoms with Crippen molar-refractivity contribution < 1.29 is 0 Å². The van der Waals surface area contributed by atoms with Gasteiger partial charge in [-0.1, -0.05) is 179 Å². The molecule has 70 heavy (non-hydrogen) atoms. The van der Waals surface area contributed by atoms with Crippen LogP contribution in [0.5, 0.6) is 0 Å². The smallest absolute Gasteiger partial charge is 0.0683 e. The van der Waals surface area contributed by atoms with Crippen LogP contribution < -0.4 is 4.90 Å². The summed E-state index contributed by atoms with van der Waals surface area (Å²) in [6.07, 6.45) is 9.60. The van der Waals surface area contributed by atoms with Gasteiger partial charge in [-0.15, -0.1) is 0 Å². The Bertz CT molecular complexity index is 3800. The van der Waals surface area contributed by atoms with E-state index in [9.17, 15) is 0 Å². The minimum absolute atomic E-state index is 0.0728. The second-order valence-electron chi connectivity index (χ2n) is 19.7. The van der Waals surface area contributed by atoms with Gasteiger partial charge in [0.25, 0.3) is 0 Å². The fourth-order valence-corrected chi connectivity index (χ4v) is 11.5. The molecule has 0 N–H and O–H groups in total. The predicted octanol–water partition coefficient (Wildman–Crippen LogP) is 17.8. The van der Waals surface area contributed by atoms with Crippen molar-refractivity contribution in [2.24, 2.45) is 5.92 Å². The van der Waals surface area contributed by atoms with Crippen LogP contribution in [0.15, 0.2) is 231 Å². The number of fused-ring (bicyclic) bond motifs is 7. The van der Waals surface area contributed by atoms with Gasteiger partial charge in [-0.2, -0.15) is 0 Å². The average Bonchev–Trinajstić information content (AvgIpc) is 3.86. The number of aromatic nitrogens is 2. The first-order valence-electron chi connectivity index (χ1n) is 24.6. The lowest BCUT2D eigenvalue weighted by Gasteiger charge is -2.31. The molecule has 0 saturated heterocycles. The molecule has 0 amide bonds. The fraction of sp³-hybridized carbons (Fsp3) is 0.0896. The van der Waals surface area contributed by atoms with Gasteiger partial charge < -0.3 is 9.47 Å². The highest BCUT2D eigenvalue weighted by Gasteiger charge is 2.36. The van der Waals surface area contributed by atoms with Crippen molar-refractivity contribution >= 4 is 44.9 Å². The largest absolute Gasteiger partial charge is 0.309 e. The summed E-state index contributed by atoms with van der Waals surface area (Å²) in [6.45, 7) is 7.00. The predicted molar refractivity (Wildman–Crippen MR) is 294 cm³/mol. The van der Waals surface area contributed by atoms with Gasteiger partial charge in [-0.25, -0.2) is 0 Å². The molecule has 0 radical (unpaired) electrons. The fourth-order valence-electron chi connectivity index (χ4n) is 11.5. The molecular formula is C67H51N3. The zero-order valence-electron chi connectivity index (χ0n) is 39.6. The van der Waals surface area contributed by atoms with E-state index < -0.39 is 0 Å². The normalized spacial score (nSPS) is 14.4. The molecule has 2 aliphatic rings. The summed E-state index contributed by atoms with van der Waals surface area (Å²) in [7, 11) is 0. The Morgan fingerprint density at radius 2 is 1.07 bits per heavy atom. The van der Waals surface area contributed by atoms with Gasteiger partial charge >= 0.3 is 0 Å². The van der Waals surface area contributed by atoms with Crippen LogP contribution in [-0.4, -0.2) is 9.55 Å². The Labute approximate surface area is 410 Å². The van der Waals surface area contributed by atoms with Gasteiger partial charge in [0, 0.05) is 39.4 Å². The third-order valence-corrected chi connectivity index (χ3v) is 15.0. The number of para-hydroxylation sites is 1. The third kappa shape index (κ3) is 7.00. The summed E-state index contributed by atoms with van der Waals surface area (Å²) in [4.78, 5) is 7.30. The van der Waals surface area contributed by atoms with Crippen molar-refractivity contribution in [3.8, 4) is 61.3 Å². The molecule has 0 fully saturated rings. The minimum atomic E-state index is -0.0728. The second-order valence-corrected chi connectivity index (χ2v) is 19.7. The number of hydrogen-bond donors (Lipinski definition) is 0. The monoisotopic (exact) mass is 897 g/mol. The molecule has 11 aromatic rings. The molecule has 3 heteroatoms. The number of pyridine rings is 1. The van der Waals surface area contributed by atoms with E-state index in [1.807, 2.05) is 6.20 Å². The SMILES string of the molecule is CC1C=Cc2cncc(N(c3cccc(-c4cccc(-c5ccc6c(c5)c5ccccc5n6-c5cc(-c6ccccc6)cc(-c6ccccc6)c5)c4)c3)c3ccc4c(c3)-c3ccccc3C4(C)C)c2C1. The highest BCUT2D eigenvalue weighted by Crippen LogP contribution is 2.51. The van der Waals surface area contributed by atoms with E-state index in [4.69, 9.17) is 4.98 Å². The maximum Gasteiger partial charge on any atom is 0.0683 e. The molecule has 1 atom stereocenters. The first kappa shape index (κ1) is 41.6. The molecule has 2 aliphatic carbocycles. The second kappa shape index (κ2) is 16.6. The molecule has 13 rings (SSSR count). The van der Waals surface area contributed by atoms with E-state index in [1.165, 1.54) is 94.1 Å². The molecule has 9 aromatic carbocycles. The van der Waals surface area contributed by atoms with Gasteiger partial charge in [0.15, 0.2) is 0 Å². The van der Waals surface area contributed by atoms with E-state index in [0.29, 0.717) is 5.92 Å². The van der Waals surface area contributed by atoms with Gasteiger partial charge in [0.2, 0.25) is 0 Å². The van der Waals surface area contributed by atoms with E-state index in [0.717, 1.165) is 34.7 Å². The summed E-state index contributed by atoms with van der Waals surface area (Å²) < 4.78 is 2.44. The van der Waals surface area contributed by atoms with E-state index in [2.05, 4.69) is 261 Å². The Hall–Kier alpha value is -8.53. The van der Waals surface area contributed by atoms with Crippen molar-refractivity contribution in [2.45, 2.75) is 32.6 Å². The van der Waals surface area contributed by atoms with Gasteiger partial charge in [0.1, 0.15) is 0 Å². The summed E-state index contributed by atoms with van der Waals surface area (Å²) in [5.41, 5.74) is 24.1. The Balaban J connectivity index is 0.915. The average molecular weight is 898 g/mol. The van der Waals surface area contributed by atoms with Crippen molar-refractivity contribution in [3.05, 3.63) is 253 Å². The summed E-state index contributed by atoms with van der Waals surface area (Å²) in [6, 6.07) is 78.4.